The first kappa shape index (κ1) is 14.6. The molecule has 1 atom stereocenters. The lowest BCUT2D eigenvalue weighted by Gasteiger charge is -2.15. The zero-order valence-electron chi connectivity index (χ0n) is 10.4. The topological polar surface area (TPSA) is 87.6 Å². The summed E-state index contributed by atoms with van der Waals surface area (Å²) in [6, 6.07) is 3.45. The number of amides is 1. The van der Waals surface area contributed by atoms with Crippen LogP contribution in [0.5, 0.6) is 11.5 Å². The second-order valence-electron chi connectivity index (χ2n) is 3.93. The van der Waals surface area contributed by atoms with Crippen molar-refractivity contribution < 1.29 is 14.3 Å². The highest BCUT2D eigenvalue weighted by Gasteiger charge is 2.15. The van der Waals surface area contributed by atoms with Gasteiger partial charge in [0.25, 0.3) is 0 Å². The van der Waals surface area contributed by atoms with Crippen molar-refractivity contribution in [1.82, 2.24) is 0 Å². The van der Waals surface area contributed by atoms with Gasteiger partial charge in [0.1, 0.15) is 0 Å². The van der Waals surface area contributed by atoms with Crippen LogP contribution in [0.3, 0.4) is 0 Å². The normalized spacial score (nSPS) is 12.0. The summed E-state index contributed by atoms with van der Waals surface area (Å²) in [5.41, 5.74) is 11.5. The van der Waals surface area contributed by atoms with Gasteiger partial charge in [-0.05, 0) is 17.7 Å². The lowest BCUT2D eigenvalue weighted by molar-refractivity contribution is -0.122. The molecule has 1 unspecified atom stereocenters. The highest BCUT2D eigenvalue weighted by Crippen LogP contribution is 2.36. The minimum Gasteiger partial charge on any atom is -0.493 e. The van der Waals surface area contributed by atoms with E-state index in [2.05, 4.69) is 0 Å². The quantitative estimate of drug-likeness (QED) is 0.817. The van der Waals surface area contributed by atoms with E-state index in [1.807, 2.05) is 0 Å². The summed E-state index contributed by atoms with van der Waals surface area (Å²) < 4.78 is 10.7. The van der Waals surface area contributed by atoms with Gasteiger partial charge in [-0.15, -0.1) is 0 Å². The highest BCUT2D eigenvalue weighted by molar-refractivity contribution is 6.32. The van der Waals surface area contributed by atoms with Crippen molar-refractivity contribution in [2.75, 3.05) is 13.7 Å². The van der Waals surface area contributed by atoms with Crippen LogP contribution in [-0.4, -0.2) is 19.6 Å². The predicted molar refractivity (Wildman–Crippen MR) is 69.7 cm³/mol. The molecule has 5 nitrogen and oxygen atoms in total. The molecule has 0 aliphatic heterocycles. The Morgan fingerprint density at radius 2 is 2.17 bits per heavy atom. The van der Waals surface area contributed by atoms with Gasteiger partial charge in [0.05, 0.1) is 24.7 Å². The molecule has 0 spiro atoms. The summed E-state index contributed by atoms with van der Waals surface area (Å²) in [4.78, 5) is 10.9. The molecule has 0 aromatic heterocycles. The molecule has 0 radical (unpaired) electrons. The van der Waals surface area contributed by atoms with Gasteiger partial charge in [0.15, 0.2) is 11.5 Å². The zero-order valence-corrected chi connectivity index (χ0v) is 11.2. The predicted octanol–water partition coefficient (Wildman–Crippen LogP) is 1.31. The molecule has 6 heteroatoms. The van der Waals surface area contributed by atoms with E-state index in [1.165, 1.54) is 7.11 Å². The lowest BCUT2D eigenvalue weighted by atomic mass is 10.2. The van der Waals surface area contributed by atoms with Gasteiger partial charge in [-0.3, -0.25) is 4.79 Å². The molecule has 100 valence electrons. The SMILES string of the molecule is COc1cc(CN)cc(Cl)c1OCC(C)C(N)=O. The van der Waals surface area contributed by atoms with Crippen molar-refractivity contribution in [3.8, 4) is 11.5 Å². The van der Waals surface area contributed by atoms with E-state index in [0.29, 0.717) is 23.1 Å². The fraction of sp³-hybridized carbons (Fsp3) is 0.417. The maximum absolute atomic E-state index is 10.9. The third-order valence-electron chi connectivity index (χ3n) is 2.49. The smallest absolute Gasteiger partial charge is 0.223 e. The number of primary amides is 1. The molecule has 0 aliphatic rings. The first-order chi connectivity index (χ1) is 8.49. The zero-order chi connectivity index (χ0) is 13.7. The minimum atomic E-state index is -0.427. The van der Waals surface area contributed by atoms with E-state index in [4.69, 9.17) is 32.5 Å². The van der Waals surface area contributed by atoms with Gasteiger partial charge < -0.3 is 20.9 Å². The number of hydrogen-bond donors (Lipinski definition) is 2. The Labute approximate surface area is 111 Å². The average Bonchev–Trinajstić information content (AvgIpc) is 2.35. The number of ether oxygens (including phenoxy) is 2. The van der Waals surface area contributed by atoms with Crippen molar-refractivity contribution in [2.24, 2.45) is 17.4 Å². The van der Waals surface area contributed by atoms with Crippen LogP contribution in [0.4, 0.5) is 0 Å². The summed E-state index contributed by atoms with van der Waals surface area (Å²) in [5.74, 6) is 0.0488. The lowest BCUT2D eigenvalue weighted by Crippen LogP contribution is -2.25. The standard InChI is InChI=1S/C12H17ClN2O3/c1-7(12(15)16)6-18-11-9(13)3-8(5-14)4-10(11)17-2/h3-4,7H,5-6,14H2,1-2H3,(H2,15,16). The van der Waals surface area contributed by atoms with Crippen LogP contribution in [0.1, 0.15) is 12.5 Å². The van der Waals surface area contributed by atoms with Gasteiger partial charge in [-0.2, -0.15) is 0 Å². The molecule has 18 heavy (non-hydrogen) atoms. The monoisotopic (exact) mass is 272 g/mol. The molecular weight excluding hydrogens is 256 g/mol. The van der Waals surface area contributed by atoms with Crippen molar-refractivity contribution >= 4 is 17.5 Å². The van der Waals surface area contributed by atoms with E-state index < -0.39 is 11.8 Å². The maximum atomic E-state index is 10.9. The first-order valence-corrected chi connectivity index (χ1v) is 5.86. The second kappa shape index (κ2) is 6.47. The molecule has 4 N–H and O–H groups in total. The van der Waals surface area contributed by atoms with E-state index >= 15 is 0 Å². The largest absolute Gasteiger partial charge is 0.493 e. The maximum Gasteiger partial charge on any atom is 0.223 e. The van der Waals surface area contributed by atoms with E-state index in [9.17, 15) is 4.79 Å². The van der Waals surface area contributed by atoms with Crippen LogP contribution < -0.4 is 20.9 Å². The van der Waals surface area contributed by atoms with Crippen LogP contribution >= 0.6 is 11.6 Å². The van der Waals surface area contributed by atoms with Crippen LogP contribution in [0, 0.1) is 5.92 Å². The van der Waals surface area contributed by atoms with Crippen LogP contribution in [-0.2, 0) is 11.3 Å². The Bertz CT molecular complexity index is 438. The van der Waals surface area contributed by atoms with Crippen LogP contribution in [0.2, 0.25) is 5.02 Å². The molecule has 0 saturated carbocycles. The van der Waals surface area contributed by atoms with Crippen molar-refractivity contribution in [3.63, 3.8) is 0 Å². The fourth-order valence-electron chi connectivity index (χ4n) is 1.32. The van der Waals surface area contributed by atoms with Crippen LogP contribution in [0.15, 0.2) is 12.1 Å². The van der Waals surface area contributed by atoms with Crippen molar-refractivity contribution in [3.05, 3.63) is 22.7 Å². The fourth-order valence-corrected chi connectivity index (χ4v) is 1.61. The van der Waals surface area contributed by atoms with Gasteiger partial charge >= 0.3 is 0 Å². The first-order valence-electron chi connectivity index (χ1n) is 5.48. The third-order valence-corrected chi connectivity index (χ3v) is 2.77. The minimum absolute atomic E-state index is 0.146. The number of carbonyl (C=O) groups is 1. The Morgan fingerprint density at radius 1 is 1.50 bits per heavy atom. The van der Waals surface area contributed by atoms with E-state index in [0.717, 1.165) is 5.56 Å². The summed E-state index contributed by atoms with van der Waals surface area (Å²) in [5, 5.41) is 0.395. The summed E-state index contributed by atoms with van der Waals surface area (Å²) in [7, 11) is 1.51. The number of hydrogen-bond acceptors (Lipinski definition) is 4. The number of methoxy groups -OCH3 is 1. The third kappa shape index (κ3) is 3.51. The molecule has 0 aliphatic carbocycles. The number of rotatable bonds is 6. The summed E-state index contributed by atoms with van der Waals surface area (Å²) >= 11 is 6.08. The molecule has 1 aromatic rings. The second-order valence-corrected chi connectivity index (χ2v) is 4.33. The average molecular weight is 273 g/mol. The van der Waals surface area contributed by atoms with Crippen molar-refractivity contribution in [1.29, 1.82) is 0 Å². The number of benzene rings is 1. The van der Waals surface area contributed by atoms with Crippen molar-refractivity contribution in [2.45, 2.75) is 13.5 Å². The van der Waals surface area contributed by atoms with Gasteiger partial charge in [-0.1, -0.05) is 18.5 Å². The Morgan fingerprint density at radius 3 is 2.67 bits per heavy atom. The Hall–Kier alpha value is -1.46. The van der Waals surface area contributed by atoms with Gasteiger partial charge in [-0.25, -0.2) is 0 Å². The number of halogens is 1. The van der Waals surface area contributed by atoms with Crippen LogP contribution in [0.25, 0.3) is 0 Å². The Kier molecular flexibility index (Phi) is 5.25. The number of nitrogens with two attached hydrogens (primary N) is 2. The molecule has 1 amide bonds. The molecule has 0 saturated heterocycles. The molecule has 0 fully saturated rings. The summed E-state index contributed by atoms with van der Waals surface area (Å²) in [6.45, 7) is 2.18. The van der Waals surface area contributed by atoms with E-state index in [1.54, 1.807) is 19.1 Å². The van der Waals surface area contributed by atoms with Gasteiger partial charge in [0.2, 0.25) is 5.91 Å². The molecule has 1 aromatic carbocycles. The molecule has 0 heterocycles. The molecular formula is C12H17ClN2O3. The Balaban J connectivity index is 2.90. The molecule has 0 bridgehead atoms. The van der Waals surface area contributed by atoms with E-state index in [-0.39, 0.29) is 6.61 Å². The summed E-state index contributed by atoms with van der Waals surface area (Å²) in [6.07, 6.45) is 0. The highest BCUT2D eigenvalue weighted by atomic mass is 35.5. The number of carbonyl (C=O) groups excluding carboxylic acids is 1. The van der Waals surface area contributed by atoms with Gasteiger partial charge in [0, 0.05) is 6.54 Å². The molecule has 1 rings (SSSR count).